The van der Waals surface area contributed by atoms with Crippen molar-refractivity contribution in [1.82, 2.24) is 0 Å². The van der Waals surface area contributed by atoms with Gasteiger partial charge in [-0.25, -0.2) is 14.2 Å². The number of hydrogen-bond acceptors (Lipinski definition) is 4. The molecule has 0 bridgehead atoms. The maximum Gasteiger partial charge on any atom is 0.341 e. The van der Waals surface area contributed by atoms with Gasteiger partial charge in [-0.05, 0) is 69.9 Å². The van der Waals surface area contributed by atoms with Crippen LogP contribution in [0, 0.1) is 12.7 Å². The van der Waals surface area contributed by atoms with E-state index in [4.69, 9.17) is 9.47 Å². The van der Waals surface area contributed by atoms with Crippen molar-refractivity contribution < 1.29 is 18.7 Å². The predicted molar refractivity (Wildman–Crippen MR) is 92.7 cm³/mol. The van der Waals surface area contributed by atoms with Gasteiger partial charge in [-0.3, -0.25) is 0 Å². The van der Waals surface area contributed by atoms with Crippen molar-refractivity contribution in [3.05, 3.63) is 34.7 Å². The molecule has 25 heavy (non-hydrogen) atoms. The number of cyclic esters (lactones) is 1. The normalized spacial score (nSPS) is 22.5. The molecule has 1 heterocycles. The number of rotatable bonds is 3. The topological polar surface area (TPSA) is 47.9 Å². The van der Waals surface area contributed by atoms with Gasteiger partial charge >= 0.3 is 5.97 Å². The fraction of sp³-hybridized carbons (Fsp3) is 0.500. The van der Waals surface area contributed by atoms with E-state index in [0.29, 0.717) is 11.3 Å². The molecule has 1 aromatic carbocycles. The zero-order valence-electron chi connectivity index (χ0n) is 14.4. The lowest BCUT2D eigenvalue weighted by molar-refractivity contribution is -0.130. The van der Waals surface area contributed by atoms with Gasteiger partial charge in [-0.2, -0.15) is 0 Å². The number of carbonyl (C=O) groups excluding carboxylic acids is 1. The minimum Gasteiger partial charge on any atom is -0.490 e. The molecule has 0 atom stereocenters. The van der Waals surface area contributed by atoms with Crippen LogP contribution in [0.5, 0.6) is 5.75 Å². The second-order valence-corrected chi connectivity index (χ2v) is 7.06. The van der Waals surface area contributed by atoms with Crippen molar-refractivity contribution >= 4 is 17.6 Å². The first-order valence-electron chi connectivity index (χ1n) is 9.12. The van der Waals surface area contributed by atoms with Gasteiger partial charge in [0.2, 0.25) is 5.90 Å². The SMILES string of the molecule is Cc1cc(F)c(N=C2OC(=O)C3=C2CCCC3)cc1OC1CCCC1. The van der Waals surface area contributed by atoms with Crippen LogP contribution in [0.25, 0.3) is 0 Å². The molecule has 4 nitrogen and oxygen atoms in total. The van der Waals surface area contributed by atoms with Crippen LogP contribution in [0.3, 0.4) is 0 Å². The molecular formula is C20H22FNO3. The summed E-state index contributed by atoms with van der Waals surface area (Å²) in [7, 11) is 0. The van der Waals surface area contributed by atoms with Gasteiger partial charge < -0.3 is 9.47 Å². The molecule has 0 unspecified atom stereocenters. The Hall–Kier alpha value is -2.17. The maximum atomic E-state index is 14.4. The number of hydrogen-bond donors (Lipinski definition) is 0. The van der Waals surface area contributed by atoms with Crippen LogP contribution in [0.4, 0.5) is 10.1 Å². The maximum absolute atomic E-state index is 14.4. The highest BCUT2D eigenvalue weighted by Crippen LogP contribution is 2.36. The summed E-state index contributed by atoms with van der Waals surface area (Å²) in [5, 5.41) is 0. The van der Waals surface area contributed by atoms with Crippen molar-refractivity contribution in [2.45, 2.75) is 64.4 Å². The third-order valence-electron chi connectivity index (χ3n) is 5.22. The first-order valence-corrected chi connectivity index (χ1v) is 9.12. The Morgan fingerprint density at radius 2 is 1.84 bits per heavy atom. The summed E-state index contributed by atoms with van der Waals surface area (Å²) in [5.74, 6) is 0.164. The van der Waals surface area contributed by atoms with Crippen LogP contribution in [0.1, 0.15) is 56.9 Å². The molecule has 0 aromatic heterocycles. The summed E-state index contributed by atoms with van der Waals surface area (Å²) in [6.07, 6.45) is 8.09. The zero-order valence-corrected chi connectivity index (χ0v) is 14.4. The van der Waals surface area contributed by atoms with Crippen molar-refractivity contribution in [3.63, 3.8) is 0 Å². The number of aliphatic imine (C=N–C) groups is 1. The number of halogens is 1. The van der Waals surface area contributed by atoms with E-state index in [1.54, 1.807) is 6.07 Å². The standard InChI is InChI=1S/C20H22FNO3/c1-12-10-16(21)17(11-18(12)24-13-6-2-3-7-13)22-19-14-8-4-5-9-15(14)20(23)25-19/h10-11,13H,2-9H2,1H3. The molecule has 3 aliphatic rings. The predicted octanol–water partition coefficient (Wildman–Crippen LogP) is 4.91. The van der Waals surface area contributed by atoms with E-state index in [1.807, 2.05) is 6.92 Å². The lowest BCUT2D eigenvalue weighted by Crippen LogP contribution is -2.11. The molecule has 2 aliphatic carbocycles. The van der Waals surface area contributed by atoms with Crippen molar-refractivity contribution in [2.24, 2.45) is 4.99 Å². The molecule has 4 rings (SSSR count). The average molecular weight is 343 g/mol. The monoisotopic (exact) mass is 343 g/mol. The highest BCUT2D eigenvalue weighted by Gasteiger charge is 2.33. The first kappa shape index (κ1) is 16.3. The van der Waals surface area contributed by atoms with E-state index in [0.717, 1.165) is 49.7 Å². The van der Waals surface area contributed by atoms with Gasteiger partial charge in [0.1, 0.15) is 17.3 Å². The highest BCUT2D eigenvalue weighted by atomic mass is 19.1. The summed E-state index contributed by atoms with van der Waals surface area (Å²) >= 11 is 0. The third kappa shape index (κ3) is 3.20. The van der Waals surface area contributed by atoms with Crippen LogP contribution in [-0.4, -0.2) is 18.0 Å². The molecule has 0 amide bonds. The van der Waals surface area contributed by atoms with E-state index in [2.05, 4.69) is 4.99 Å². The molecular weight excluding hydrogens is 321 g/mol. The Morgan fingerprint density at radius 3 is 2.60 bits per heavy atom. The molecule has 5 heteroatoms. The molecule has 1 aromatic rings. The Labute approximate surface area is 146 Å². The van der Waals surface area contributed by atoms with E-state index in [9.17, 15) is 9.18 Å². The average Bonchev–Trinajstić information content (AvgIpc) is 3.21. The molecule has 1 aliphatic heterocycles. The Balaban J connectivity index is 1.66. The fourth-order valence-corrected chi connectivity index (χ4v) is 3.82. The Bertz CT molecular complexity index is 775. The molecule has 1 fully saturated rings. The van der Waals surface area contributed by atoms with Crippen LogP contribution in [0.2, 0.25) is 0 Å². The Morgan fingerprint density at radius 1 is 1.12 bits per heavy atom. The number of aryl methyl sites for hydroxylation is 1. The van der Waals surface area contributed by atoms with Crippen molar-refractivity contribution in [2.75, 3.05) is 0 Å². The fourth-order valence-electron chi connectivity index (χ4n) is 3.82. The summed E-state index contributed by atoms with van der Waals surface area (Å²) in [4.78, 5) is 16.3. The largest absolute Gasteiger partial charge is 0.490 e. The summed E-state index contributed by atoms with van der Waals surface area (Å²) in [6, 6.07) is 3.07. The number of ether oxygens (including phenoxy) is 2. The van der Waals surface area contributed by atoms with Gasteiger partial charge in [-0.15, -0.1) is 0 Å². The second kappa shape index (κ2) is 6.62. The van der Waals surface area contributed by atoms with Gasteiger partial charge in [-0.1, -0.05) is 0 Å². The first-order chi connectivity index (χ1) is 12.1. The van der Waals surface area contributed by atoms with Crippen molar-refractivity contribution in [3.8, 4) is 5.75 Å². The van der Waals surface area contributed by atoms with Gasteiger partial charge in [0.15, 0.2) is 0 Å². The van der Waals surface area contributed by atoms with Gasteiger partial charge in [0.05, 0.1) is 6.10 Å². The van der Waals surface area contributed by atoms with E-state index in [-0.39, 0.29) is 23.7 Å². The zero-order chi connectivity index (χ0) is 17.4. The lowest BCUT2D eigenvalue weighted by Gasteiger charge is -2.16. The molecule has 0 saturated heterocycles. The molecule has 1 saturated carbocycles. The van der Waals surface area contributed by atoms with E-state index < -0.39 is 5.82 Å². The second-order valence-electron chi connectivity index (χ2n) is 7.06. The highest BCUT2D eigenvalue weighted by molar-refractivity contribution is 6.15. The summed E-state index contributed by atoms with van der Waals surface area (Å²) < 4.78 is 25.7. The van der Waals surface area contributed by atoms with Crippen LogP contribution in [0.15, 0.2) is 28.3 Å². The van der Waals surface area contributed by atoms with Crippen LogP contribution < -0.4 is 4.74 Å². The molecule has 0 spiro atoms. The summed E-state index contributed by atoms with van der Waals surface area (Å²) in [6.45, 7) is 1.83. The molecule has 0 N–H and O–H groups in total. The van der Waals surface area contributed by atoms with E-state index in [1.165, 1.54) is 18.9 Å². The minimum atomic E-state index is -0.426. The Kier molecular flexibility index (Phi) is 4.32. The van der Waals surface area contributed by atoms with Gasteiger partial charge in [0.25, 0.3) is 0 Å². The van der Waals surface area contributed by atoms with Crippen molar-refractivity contribution in [1.29, 1.82) is 0 Å². The summed E-state index contributed by atoms with van der Waals surface area (Å²) in [5.41, 5.74) is 2.48. The minimum absolute atomic E-state index is 0.167. The quantitative estimate of drug-likeness (QED) is 0.733. The van der Waals surface area contributed by atoms with Gasteiger partial charge in [0, 0.05) is 17.2 Å². The number of benzene rings is 1. The van der Waals surface area contributed by atoms with E-state index >= 15 is 0 Å². The number of nitrogens with zero attached hydrogens (tertiary/aromatic N) is 1. The number of carbonyl (C=O) groups is 1. The van der Waals surface area contributed by atoms with Crippen LogP contribution >= 0.6 is 0 Å². The van der Waals surface area contributed by atoms with Crippen LogP contribution in [-0.2, 0) is 9.53 Å². The smallest absolute Gasteiger partial charge is 0.341 e. The number of esters is 1. The lowest BCUT2D eigenvalue weighted by atomic mass is 9.93. The molecule has 0 radical (unpaired) electrons. The molecule has 132 valence electrons. The third-order valence-corrected chi connectivity index (χ3v) is 5.22.